The number of rotatable bonds is 5. The minimum atomic E-state index is -0.672. The van der Waals surface area contributed by atoms with E-state index in [2.05, 4.69) is 5.10 Å². The van der Waals surface area contributed by atoms with Crippen molar-refractivity contribution in [3.63, 3.8) is 0 Å². The highest BCUT2D eigenvalue weighted by atomic mass is 16.5. The topological polar surface area (TPSA) is 47.3 Å². The fourth-order valence-corrected chi connectivity index (χ4v) is 2.27. The van der Waals surface area contributed by atoms with Crippen LogP contribution in [0.15, 0.2) is 30.5 Å². The Bertz CT molecular complexity index is 576. The first-order valence-electron chi connectivity index (χ1n) is 6.98. The number of nitrogens with zero attached hydrogens (tertiary/aromatic N) is 2. The third kappa shape index (κ3) is 3.20. The Morgan fingerprint density at radius 1 is 1.35 bits per heavy atom. The number of aromatic nitrogens is 2. The van der Waals surface area contributed by atoms with Crippen LogP contribution in [0.1, 0.15) is 43.7 Å². The lowest BCUT2D eigenvalue weighted by Crippen LogP contribution is -2.07. The van der Waals surface area contributed by atoms with Crippen LogP contribution in [0.4, 0.5) is 0 Å². The van der Waals surface area contributed by atoms with Crippen molar-refractivity contribution in [1.82, 2.24) is 9.78 Å². The van der Waals surface area contributed by atoms with Crippen LogP contribution < -0.4 is 4.74 Å². The monoisotopic (exact) mass is 274 g/mol. The summed E-state index contributed by atoms with van der Waals surface area (Å²) < 4.78 is 7.41. The first kappa shape index (κ1) is 14.6. The van der Waals surface area contributed by atoms with Crippen molar-refractivity contribution in [2.75, 3.05) is 0 Å². The normalized spacial score (nSPS) is 12.7. The van der Waals surface area contributed by atoms with Gasteiger partial charge in [-0.2, -0.15) is 5.10 Å². The summed E-state index contributed by atoms with van der Waals surface area (Å²) in [5.74, 6) is 0.776. The summed E-state index contributed by atoms with van der Waals surface area (Å²) in [6, 6.07) is 7.60. The minimum Gasteiger partial charge on any atom is -0.491 e. The number of aliphatic hydroxyl groups is 1. The van der Waals surface area contributed by atoms with Crippen molar-refractivity contribution >= 4 is 0 Å². The molecule has 0 aliphatic carbocycles. The number of aliphatic hydroxyl groups excluding tert-OH is 1. The van der Waals surface area contributed by atoms with Gasteiger partial charge in [-0.1, -0.05) is 19.1 Å². The Morgan fingerprint density at radius 3 is 2.75 bits per heavy atom. The molecule has 1 unspecified atom stereocenters. The van der Waals surface area contributed by atoms with Gasteiger partial charge in [0, 0.05) is 18.8 Å². The number of ether oxygens (including phenoxy) is 1. The highest BCUT2D eigenvalue weighted by Crippen LogP contribution is 2.27. The zero-order valence-corrected chi connectivity index (χ0v) is 12.5. The molecule has 0 bridgehead atoms. The zero-order chi connectivity index (χ0) is 14.7. The fraction of sp³-hybridized carbons (Fsp3) is 0.438. The highest BCUT2D eigenvalue weighted by molar-refractivity contribution is 5.36. The van der Waals surface area contributed by atoms with E-state index in [1.165, 1.54) is 0 Å². The molecule has 0 amide bonds. The molecule has 0 aliphatic rings. The van der Waals surface area contributed by atoms with Gasteiger partial charge in [-0.25, -0.2) is 0 Å². The van der Waals surface area contributed by atoms with Gasteiger partial charge in [-0.15, -0.1) is 0 Å². The predicted octanol–water partition coefficient (Wildman–Crippen LogP) is 2.85. The number of hydrogen-bond acceptors (Lipinski definition) is 3. The van der Waals surface area contributed by atoms with Crippen molar-refractivity contribution in [2.45, 2.75) is 39.4 Å². The fourth-order valence-electron chi connectivity index (χ4n) is 2.27. The molecule has 1 aromatic heterocycles. The summed E-state index contributed by atoms with van der Waals surface area (Å²) in [7, 11) is 1.87. The molecule has 0 saturated heterocycles. The third-order valence-corrected chi connectivity index (χ3v) is 3.11. The molecule has 0 radical (unpaired) electrons. The molecule has 2 rings (SSSR count). The molecule has 0 spiro atoms. The molecular formula is C16H22N2O2. The van der Waals surface area contributed by atoms with Crippen molar-refractivity contribution in [3.05, 3.63) is 47.3 Å². The molecule has 108 valence electrons. The van der Waals surface area contributed by atoms with Crippen LogP contribution in [0.3, 0.4) is 0 Å². The largest absolute Gasteiger partial charge is 0.491 e. The Kier molecular flexibility index (Phi) is 4.45. The second kappa shape index (κ2) is 6.09. The molecule has 20 heavy (non-hydrogen) atoms. The molecule has 0 aliphatic heterocycles. The first-order valence-corrected chi connectivity index (χ1v) is 6.98. The van der Waals surface area contributed by atoms with Crippen molar-refractivity contribution in [2.24, 2.45) is 7.05 Å². The molecule has 2 aromatic rings. The van der Waals surface area contributed by atoms with Crippen LogP contribution in [-0.4, -0.2) is 21.0 Å². The molecule has 1 N–H and O–H groups in total. The first-order chi connectivity index (χ1) is 9.51. The quantitative estimate of drug-likeness (QED) is 0.912. The molecule has 0 saturated carbocycles. The molecule has 0 fully saturated rings. The van der Waals surface area contributed by atoms with E-state index in [4.69, 9.17) is 4.74 Å². The van der Waals surface area contributed by atoms with Gasteiger partial charge in [0.05, 0.1) is 11.8 Å². The van der Waals surface area contributed by atoms with Crippen molar-refractivity contribution < 1.29 is 9.84 Å². The average Bonchev–Trinajstić information content (AvgIpc) is 2.78. The van der Waals surface area contributed by atoms with E-state index in [9.17, 15) is 5.11 Å². The lowest BCUT2D eigenvalue weighted by atomic mass is 10.0. The summed E-state index contributed by atoms with van der Waals surface area (Å²) in [6.45, 7) is 6.01. The molecule has 1 atom stereocenters. The van der Waals surface area contributed by atoms with Gasteiger partial charge in [0.25, 0.3) is 0 Å². The van der Waals surface area contributed by atoms with Crippen LogP contribution in [0.5, 0.6) is 5.75 Å². The molecule has 4 heteroatoms. The zero-order valence-electron chi connectivity index (χ0n) is 12.5. The van der Waals surface area contributed by atoms with Crippen LogP contribution >= 0.6 is 0 Å². The Balaban J connectivity index is 2.30. The second-order valence-corrected chi connectivity index (χ2v) is 5.20. The van der Waals surface area contributed by atoms with E-state index >= 15 is 0 Å². The highest BCUT2D eigenvalue weighted by Gasteiger charge is 2.17. The van der Waals surface area contributed by atoms with Gasteiger partial charge in [-0.3, -0.25) is 4.68 Å². The van der Waals surface area contributed by atoms with E-state index in [1.54, 1.807) is 4.68 Å². The summed E-state index contributed by atoms with van der Waals surface area (Å²) >= 11 is 0. The summed E-state index contributed by atoms with van der Waals surface area (Å²) in [5.41, 5.74) is 2.61. The van der Waals surface area contributed by atoms with Crippen LogP contribution in [0.2, 0.25) is 0 Å². The molecular weight excluding hydrogens is 252 g/mol. The number of benzene rings is 1. The average molecular weight is 274 g/mol. The third-order valence-electron chi connectivity index (χ3n) is 3.11. The number of hydrogen-bond donors (Lipinski definition) is 1. The van der Waals surface area contributed by atoms with Crippen LogP contribution in [-0.2, 0) is 13.5 Å². The van der Waals surface area contributed by atoms with E-state index < -0.39 is 6.10 Å². The van der Waals surface area contributed by atoms with Gasteiger partial charge in [-0.05, 0) is 38.0 Å². The molecule has 1 aromatic carbocycles. The Morgan fingerprint density at radius 2 is 2.10 bits per heavy atom. The lowest BCUT2D eigenvalue weighted by molar-refractivity contribution is 0.215. The Hall–Kier alpha value is -1.81. The maximum atomic E-state index is 10.6. The van der Waals surface area contributed by atoms with Crippen LogP contribution in [0, 0.1) is 0 Å². The van der Waals surface area contributed by atoms with Crippen molar-refractivity contribution in [1.29, 1.82) is 0 Å². The summed E-state index contributed by atoms with van der Waals surface area (Å²) in [6.07, 6.45) is 2.12. The van der Waals surface area contributed by atoms with E-state index in [0.29, 0.717) is 0 Å². The smallest absolute Gasteiger partial charge is 0.120 e. The van der Waals surface area contributed by atoms with Crippen molar-refractivity contribution in [3.8, 4) is 5.75 Å². The molecule has 4 nitrogen and oxygen atoms in total. The SMILES string of the molecule is CCc1nn(C)cc1C(O)c1cccc(OC(C)C)c1. The minimum absolute atomic E-state index is 0.118. The Labute approximate surface area is 120 Å². The predicted molar refractivity (Wildman–Crippen MR) is 78.9 cm³/mol. The summed E-state index contributed by atoms with van der Waals surface area (Å²) in [4.78, 5) is 0. The van der Waals surface area contributed by atoms with Gasteiger partial charge < -0.3 is 9.84 Å². The molecule has 1 heterocycles. The standard InChI is InChI=1S/C16H22N2O2/c1-5-15-14(10-18(4)17-15)16(19)12-7-6-8-13(9-12)20-11(2)3/h6-11,16,19H,5H2,1-4H3. The number of aryl methyl sites for hydroxylation is 2. The van der Waals surface area contributed by atoms with E-state index in [0.717, 1.165) is 29.0 Å². The van der Waals surface area contributed by atoms with Gasteiger partial charge in [0.15, 0.2) is 0 Å². The van der Waals surface area contributed by atoms with E-state index in [-0.39, 0.29) is 6.10 Å². The second-order valence-electron chi connectivity index (χ2n) is 5.20. The van der Waals surface area contributed by atoms with Crippen LogP contribution in [0.25, 0.3) is 0 Å². The maximum Gasteiger partial charge on any atom is 0.120 e. The summed E-state index contributed by atoms with van der Waals surface area (Å²) in [5, 5.41) is 14.9. The van der Waals surface area contributed by atoms with Gasteiger partial charge >= 0.3 is 0 Å². The van der Waals surface area contributed by atoms with Gasteiger partial charge in [0.1, 0.15) is 11.9 Å². The van der Waals surface area contributed by atoms with Gasteiger partial charge in [0.2, 0.25) is 0 Å². The lowest BCUT2D eigenvalue weighted by Gasteiger charge is -2.14. The maximum absolute atomic E-state index is 10.6. The van der Waals surface area contributed by atoms with E-state index in [1.807, 2.05) is 58.3 Å².